The number of amides is 2. The number of carbonyl (C=O) groups excluding carboxylic acids is 2. The van der Waals surface area contributed by atoms with E-state index in [-0.39, 0.29) is 29.8 Å². The van der Waals surface area contributed by atoms with Crippen LogP contribution in [0.1, 0.15) is 39.0 Å². The van der Waals surface area contributed by atoms with E-state index in [0.717, 1.165) is 38.7 Å². The molecule has 2 amide bonds. The molecule has 2 aliphatic heterocycles. The zero-order valence-corrected chi connectivity index (χ0v) is 16.4. The lowest BCUT2D eigenvalue weighted by molar-refractivity contribution is -0.148. The van der Waals surface area contributed by atoms with Crippen molar-refractivity contribution < 1.29 is 23.5 Å². The van der Waals surface area contributed by atoms with Crippen molar-refractivity contribution >= 4 is 11.8 Å². The molecule has 6 nitrogen and oxygen atoms in total. The first-order valence-corrected chi connectivity index (χ1v) is 10.0. The van der Waals surface area contributed by atoms with Crippen LogP contribution in [-0.2, 0) is 14.3 Å². The number of piperidine rings is 1. The van der Waals surface area contributed by atoms with Crippen LogP contribution < -0.4 is 10.1 Å². The number of nitrogens with zero attached hydrogens (tertiary/aromatic N) is 1. The molecule has 2 heterocycles. The van der Waals surface area contributed by atoms with Crippen molar-refractivity contribution in [2.24, 2.45) is 5.92 Å². The maximum absolute atomic E-state index is 12.9. The van der Waals surface area contributed by atoms with Crippen molar-refractivity contribution in [1.82, 2.24) is 10.2 Å². The zero-order chi connectivity index (χ0) is 20.0. The minimum Gasteiger partial charge on any atom is -0.484 e. The van der Waals surface area contributed by atoms with Gasteiger partial charge in [-0.25, -0.2) is 4.39 Å². The molecule has 1 aromatic carbocycles. The molecule has 2 saturated heterocycles. The van der Waals surface area contributed by atoms with Gasteiger partial charge in [-0.05, 0) is 62.3 Å². The molecule has 2 aliphatic rings. The van der Waals surface area contributed by atoms with Gasteiger partial charge in [-0.2, -0.15) is 0 Å². The predicted molar refractivity (Wildman–Crippen MR) is 102 cm³/mol. The van der Waals surface area contributed by atoms with Crippen LogP contribution in [0.15, 0.2) is 24.3 Å². The van der Waals surface area contributed by atoms with Crippen LogP contribution in [0, 0.1) is 11.7 Å². The first-order valence-electron chi connectivity index (χ1n) is 10.0. The fourth-order valence-electron chi connectivity index (χ4n) is 4.11. The summed E-state index contributed by atoms with van der Waals surface area (Å²) in [7, 11) is 0. The van der Waals surface area contributed by atoms with Crippen LogP contribution in [0.2, 0.25) is 0 Å². The maximum atomic E-state index is 12.9. The number of carbonyl (C=O) groups is 2. The van der Waals surface area contributed by atoms with Crippen LogP contribution in [-0.4, -0.2) is 55.2 Å². The summed E-state index contributed by atoms with van der Waals surface area (Å²) >= 11 is 0. The number of benzene rings is 1. The summed E-state index contributed by atoms with van der Waals surface area (Å²) in [5, 5.41) is 2.87. The van der Waals surface area contributed by atoms with E-state index in [2.05, 4.69) is 5.32 Å². The van der Waals surface area contributed by atoms with Gasteiger partial charge in [0.1, 0.15) is 11.6 Å². The number of hydrogen-bond donors (Lipinski definition) is 1. The quantitative estimate of drug-likeness (QED) is 0.808. The lowest BCUT2D eigenvalue weighted by Crippen LogP contribution is -2.51. The molecule has 2 fully saturated rings. The second kappa shape index (κ2) is 9.37. The zero-order valence-electron chi connectivity index (χ0n) is 16.4. The van der Waals surface area contributed by atoms with Gasteiger partial charge in [-0.15, -0.1) is 0 Å². The van der Waals surface area contributed by atoms with E-state index in [0.29, 0.717) is 31.3 Å². The van der Waals surface area contributed by atoms with E-state index < -0.39 is 0 Å². The molecule has 1 aromatic rings. The van der Waals surface area contributed by atoms with Crippen LogP contribution in [0.5, 0.6) is 5.75 Å². The van der Waals surface area contributed by atoms with Gasteiger partial charge in [0.05, 0.1) is 5.60 Å². The minimum absolute atomic E-state index is 0.0106. The van der Waals surface area contributed by atoms with Crippen molar-refractivity contribution in [2.45, 2.75) is 44.6 Å². The molecule has 1 atom stereocenters. The SMILES string of the molecule is CC(=O)NCCC1CCOC2(CCN(C(=O)COc3ccc(F)cc3)CC2)C1. The molecule has 0 radical (unpaired) electrons. The summed E-state index contributed by atoms with van der Waals surface area (Å²) in [6, 6.07) is 5.66. The van der Waals surface area contributed by atoms with E-state index in [1.165, 1.54) is 31.2 Å². The highest BCUT2D eigenvalue weighted by molar-refractivity contribution is 5.77. The summed E-state index contributed by atoms with van der Waals surface area (Å²) in [5.74, 6) is 0.655. The van der Waals surface area contributed by atoms with Crippen LogP contribution in [0.3, 0.4) is 0 Å². The second-order valence-corrected chi connectivity index (χ2v) is 7.79. The van der Waals surface area contributed by atoms with Crippen LogP contribution >= 0.6 is 0 Å². The Hall–Kier alpha value is -2.15. The van der Waals surface area contributed by atoms with Gasteiger partial charge in [-0.1, -0.05) is 0 Å². The summed E-state index contributed by atoms with van der Waals surface area (Å²) in [4.78, 5) is 25.3. The Bertz CT molecular complexity index is 671. The molecular weight excluding hydrogens is 363 g/mol. The Balaban J connectivity index is 1.43. The highest BCUT2D eigenvalue weighted by atomic mass is 19.1. The van der Waals surface area contributed by atoms with Gasteiger partial charge >= 0.3 is 0 Å². The van der Waals surface area contributed by atoms with Gasteiger partial charge in [-0.3, -0.25) is 9.59 Å². The highest BCUT2D eigenvalue weighted by Crippen LogP contribution is 2.38. The predicted octanol–water partition coefficient (Wildman–Crippen LogP) is 2.52. The molecule has 0 aliphatic carbocycles. The largest absolute Gasteiger partial charge is 0.484 e. The van der Waals surface area contributed by atoms with Gasteiger partial charge < -0.3 is 19.7 Å². The molecule has 154 valence electrons. The molecule has 0 bridgehead atoms. The number of halogens is 1. The third-order valence-electron chi connectivity index (χ3n) is 5.72. The summed E-state index contributed by atoms with van der Waals surface area (Å²) in [5.41, 5.74) is -0.145. The van der Waals surface area contributed by atoms with E-state index in [1.807, 2.05) is 4.90 Å². The topological polar surface area (TPSA) is 67.9 Å². The Morgan fingerprint density at radius 1 is 1.29 bits per heavy atom. The average molecular weight is 392 g/mol. The number of nitrogens with one attached hydrogen (secondary N) is 1. The number of ether oxygens (including phenoxy) is 2. The second-order valence-electron chi connectivity index (χ2n) is 7.79. The van der Waals surface area contributed by atoms with Crippen LogP contribution in [0.25, 0.3) is 0 Å². The lowest BCUT2D eigenvalue weighted by Gasteiger charge is -2.46. The maximum Gasteiger partial charge on any atom is 0.260 e. The molecular formula is C21H29FN2O4. The van der Waals surface area contributed by atoms with Crippen molar-refractivity contribution in [2.75, 3.05) is 32.8 Å². The van der Waals surface area contributed by atoms with Crippen molar-refractivity contribution in [3.05, 3.63) is 30.1 Å². The Kier molecular flexibility index (Phi) is 6.88. The number of likely N-dealkylation sites (tertiary alicyclic amines) is 1. The van der Waals surface area contributed by atoms with Crippen molar-refractivity contribution in [3.63, 3.8) is 0 Å². The minimum atomic E-state index is -0.331. The third kappa shape index (κ3) is 5.67. The Morgan fingerprint density at radius 3 is 2.68 bits per heavy atom. The number of rotatable bonds is 6. The Labute approximate surface area is 165 Å². The molecule has 0 aromatic heterocycles. The lowest BCUT2D eigenvalue weighted by atomic mass is 9.78. The summed E-state index contributed by atoms with van der Waals surface area (Å²) in [6.07, 6.45) is 4.63. The smallest absolute Gasteiger partial charge is 0.260 e. The molecule has 3 rings (SSSR count). The summed E-state index contributed by atoms with van der Waals surface area (Å²) in [6.45, 7) is 4.26. The standard InChI is InChI=1S/C21H29FN2O4/c1-16(25)23-10-6-17-7-13-28-21(14-17)8-11-24(12-9-21)20(26)15-27-19-4-2-18(22)3-5-19/h2-5,17H,6-15H2,1H3,(H,23,25). The monoisotopic (exact) mass is 392 g/mol. The first kappa shape index (κ1) is 20.6. The van der Waals surface area contributed by atoms with Gasteiger partial charge in [0.25, 0.3) is 5.91 Å². The van der Waals surface area contributed by atoms with Gasteiger partial charge in [0, 0.05) is 33.2 Å². The molecule has 0 saturated carbocycles. The summed E-state index contributed by atoms with van der Waals surface area (Å²) < 4.78 is 24.5. The number of hydrogen-bond acceptors (Lipinski definition) is 4. The van der Waals surface area contributed by atoms with Gasteiger partial charge in [0.15, 0.2) is 6.61 Å². The van der Waals surface area contributed by atoms with Crippen molar-refractivity contribution in [3.8, 4) is 5.75 Å². The molecule has 1 N–H and O–H groups in total. The van der Waals surface area contributed by atoms with E-state index in [1.54, 1.807) is 0 Å². The molecule has 28 heavy (non-hydrogen) atoms. The Morgan fingerprint density at radius 2 is 2.00 bits per heavy atom. The van der Waals surface area contributed by atoms with Gasteiger partial charge in [0.2, 0.25) is 5.91 Å². The van der Waals surface area contributed by atoms with E-state index in [9.17, 15) is 14.0 Å². The molecule has 7 heteroatoms. The molecule has 1 unspecified atom stereocenters. The fourth-order valence-corrected chi connectivity index (χ4v) is 4.11. The highest BCUT2D eigenvalue weighted by Gasteiger charge is 2.40. The molecule has 1 spiro atoms. The normalized spacial score (nSPS) is 21.4. The van der Waals surface area contributed by atoms with Crippen molar-refractivity contribution in [1.29, 1.82) is 0 Å². The average Bonchev–Trinajstić information content (AvgIpc) is 2.68. The van der Waals surface area contributed by atoms with E-state index >= 15 is 0 Å². The van der Waals surface area contributed by atoms with E-state index in [4.69, 9.17) is 9.47 Å². The third-order valence-corrected chi connectivity index (χ3v) is 5.72. The fraction of sp³-hybridized carbons (Fsp3) is 0.619. The van der Waals surface area contributed by atoms with Crippen LogP contribution in [0.4, 0.5) is 4.39 Å². The first-order chi connectivity index (χ1) is 13.5.